The maximum Gasteiger partial charge on any atom is 0.512 e. The Morgan fingerprint density at radius 1 is 1.00 bits per heavy atom. The minimum atomic E-state index is -0.713. The first-order valence-electron chi connectivity index (χ1n) is 6.31. The van der Waals surface area contributed by atoms with Gasteiger partial charge in [-0.1, -0.05) is 31.4 Å². The third-order valence-electron chi connectivity index (χ3n) is 2.35. The van der Waals surface area contributed by atoms with Crippen LogP contribution in [0.4, 0.5) is 4.79 Å². The number of hydrogen-bond acceptors (Lipinski definition) is 4. The van der Waals surface area contributed by atoms with E-state index in [0.29, 0.717) is 6.42 Å². The molecule has 4 nitrogen and oxygen atoms in total. The van der Waals surface area contributed by atoms with E-state index in [4.69, 9.17) is 0 Å². The molecule has 0 heterocycles. The molecule has 0 unspecified atom stereocenters. The first-order chi connectivity index (χ1) is 8.81. The van der Waals surface area contributed by atoms with Gasteiger partial charge in [-0.25, -0.2) is 4.79 Å². The van der Waals surface area contributed by atoms with Crippen molar-refractivity contribution in [3.63, 3.8) is 0 Å². The predicted molar refractivity (Wildman–Crippen MR) is 70.2 cm³/mol. The Bertz CT molecular complexity index is 269. The monoisotopic (exact) mass is 254 g/mol. The summed E-state index contributed by atoms with van der Waals surface area (Å²) in [5, 5.41) is 0. The van der Waals surface area contributed by atoms with E-state index >= 15 is 0 Å². The fraction of sp³-hybridized carbons (Fsp3) is 0.571. The molecule has 18 heavy (non-hydrogen) atoms. The number of allylic oxidation sites excluding steroid dienone is 3. The molecule has 0 aliphatic heterocycles. The molecule has 0 saturated heterocycles. The summed E-state index contributed by atoms with van der Waals surface area (Å²) in [7, 11) is 1.26. The molecule has 0 bridgehead atoms. The van der Waals surface area contributed by atoms with Crippen LogP contribution in [0.15, 0.2) is 24.5 Å². The number of carbonyl (C=O) groups excluding carboxylic acids is 2. The van der Waals surface area contributed by atoms with Crippen molar-refractivity contribution in [2.75, 3.05) is 7.11 Å². The van der Waals surface area contributed by atoms with Crippen molar-refractivity contribution in [3.8, 4) is 0 Å². The van der Waals surface area contributed by atoms with E-state index in [0.717, 1.165) is 32.0 Å². The molecule has 0 aliphatic carbocycles. The topological polar surface area (TPSA) is 52.6 Å². The summed E-state index contributed by atoms with van der Waals surface area (Å²) in [5.74, 6) is 0. The van der Waals surface area contributed by atoms with Gasteiger partial charge in [-0.05, 0) is 25.3 Å². The Balaban J connectivity index is 3.27. The third-order valence-corrected chi connectivity index (χ3v) is 2.35. The molecule has 0 fully saturated rings. The number of aldehydes is 1. The fourth-order valence-corrected chi connectivity index (χ4v) is 1.38. The first-order valence-corrected chi connectivity index (χ1v) is 6.31. The molecular formula is C14H22O4. The number of rotatable bonds is 10. The Hall–Kier alpha value is -1.58. The van der Waals surface area contributed by atoms with E-state index in [9.17, 15) is 9.59 Å². The summed E-state index contributed by atoms with van der Waals surface area (Å²) in [5.41, 5.74) is 0. The van der Waals surface area contributed by atoms with Gasteiger partial charge >= 0.3 is 6.16 Å². The highest BCUT2D eigenvalue weighted by Crippen LogP contribution is 2.06. The lowest BCUT2D eigenvalue weighted by Gasteiger charge is -1.97. The van der Waals surface area contributed by atoms with E-state index in [-0.39, 0.29) is 0 Å². The van der Waals surface area contributed by atoms with Gasteiger partial charge in [0.15, 0.2) is 0 Å². The normalized spacial score (nSPS) is 10.9. The van der Waals surface area contributed by atoms with Gasteiger partial charge in [0.2, 0.25) is 0 Å². The Labute approximate surface area is 109 Å². The molecule has 0 rings (SSSR count). The highest BCUT2D eigenvalue weighted by Gasteiger charge is 1.93. The molecule has 0 atom stereocenters. The summed E-state index contributed by atoms with van der Waals surface area (Å²) in [6, 6.07) is 0. The molecule has 0 aromatic heterocycles. The highest BCUT2D eigenvalue weighted by molar-refractivity contribution is 5.60. The van der Waals surface area contributed by atoms with Crippen LogP contribution < -0.4 is 0 Å². The molecular weight excluding hydrogens is 232 g/mol. The van der Waals surface area contributed by atoms with Gasteiger partial charge in [0.1, 0.15) is 6.29 Å². The van der Waals surface area contributed by atoms with Crippen LogP contribution >= 0.6 is 0 Å². The Morgan fingerprint density at radius 3 is 2.33 bits per heavy atom. The van der Waals surface area contributed by atoms with Gasteiger partial charge < -0.3 is 14.3 Å². The summed E-state index contributed by atoms with van der Waals surface area (Å²) >= 11 is 0. The first kappa shape index (κ1) is 16.4. The van der Waals surface area contributed by atoms with Crippen molar-refractivity contribution in [1.29, 1.82) is 0 Å². The Morgan fingerprint density at radius 2 is 1.67 bits per heavy atom. The second kappa shape index (κ2) is 13.5. The molecule has 102 valence electrons. The molecule has 0 aliphatic rings. The van der Waals surface area contributed by atoms with Crippen LogP contribution in [-0.2, 0) is 14.3 Å². The fourth-order valence-electron chi connectivity index (χ4n) is 1.38. The van der Waals surface area contributed by atoms with Gasteiger partial charge in [0, 0.05) is 6.42 Å². The van der Waals surface area contributed by atoms with Crippen LogP contribution in [-0.4, -0.2) is 19.6 Å². The molecule has 0 saturated carbocycles. The Kier molecular flexibility index (Phi) is 12.3. The summed E-state index contributed by atoms with van der Waals surface area (Å²) in [6.07, 6.45) is 14.4. The zero-order valence-corrected chi connectivity index (χ0v) is 11.0. The van der Waals surface area contributed by atoms with E-state index in [1.165, 1.54) is 26.2 Å². The van der Waals surface area contributed by atoms with Crippen molar-refractivity contribution >= 4 is 12.4 Å². The van der Waals surface area contributed by atoms with Crippen molar-refractivity contribution in [1.82, 2.24) is 0 Å². The molecule has 0 aromatic rings. The maximum absolute atomic E-state index is 10.6. The summed E-state index contributed by atoms with van der Waals surface area (Å²) in [4.78, 5) is 20.6. The number of ether oxygens (including phenoxy) is 2. The van der Waals surface area contributed by atoms with Crippen LogP contribution in [0.25, 0.3) is 0 Å². The minimum Gasteiger partial charge on any atom is -0.437 e. The molecule has 0 N–H and O–H groups in total. The third kappa shape index (κ3) is 12.5. The van der Waals surface area contributed by atoms with Crippen molar-refractivity contribution in [2.45, 2.75) is 44.9 Å². The van der Waals surface area contributed by atoms with Crippen molar-refractivity contribution in [3.05, 3.63) is 24.5 Å². The van der Waals surface area contributed by atoms with Gasteiger partial charge in [-0.3, -0.25) is 0 Å². The molecule has 0 amide bonds. The average molecular weight is 254 g/mol. The van der Waals surface area contributed by atoms with E-state index in [2.05, 4.69) is 9.47 Å². The SMILES string of the molecule is COC(=O)O/C=C/C=C/CCCCCCCC=O. The van der Waals surface area contributed by atoms with E-state index in [1.54, 1.807) is 6.08 Å². The number of unbranched alkanes of at least 4 members (excludes halogenated alkanes) is 6. The van der Waals surface area contributed by atoms with Crippen LogP contribution in [0.3, 0.4) is 0 Å². The van der Waals surface area contributed by atoms with Crippen LogP contribution in [0.5, 0.6) is 0 Å². The number of carbonyl (C=O) groups is 2. The maximum atomic E-state index is 10.6. The van der Waals surface area contributed by atoms with Gasteiger partial charge in [0.05, 0.1) is 13.4 Å². The predicted octanol–water partition coefficient (Wildman–Crippen LogP) is 3.77. The summed E-state index contributed by atoms with van der Waals surface area (Å²) < 4.78 is 8.84. The lowest BCUT2D eigenvalue weighted by molar-refractivity contribution is -0.107. The lowest BCUT2D eigenvalue weighted by atomic mass is 10.1. The smallest absolute Gasteiger partial charge is 0.437 e. The average Bonchev–Trinajstić information content (AvgIpc) is 2.39. The van der Waals surface area contributed by atoms with E-state index in [1.807, 2.05) is 12.2 Å². The van der Waals surface area contributed by atoms with Crippen LogP contribution in [0.1, 0.15) is 44.9 Å². The highest BCUT2D eigenvalue weighted by atomic mass is 16.7. The second-order valence-corrected chi connectivity index (χ2v) is 3.84. The van der Waals surface area contributed by atoms with Crippen molar-refractivity contribution in [2.24, 2.45) is 0 Å². The molecule has 0 spiro atoms. The van der Waals surface area contributed by atoms with E-state index < -0.39 is 6.16 Å². The zero-order valence-electron chi connectivity index (χ0n) is 11.0. The van der Waals surface area contributed by atoms with Gasteiger partial charge in [0.25, 0.3) is 0 Å². The van der Waals surface area contributed by atoms with Crippen LogP contribution in [0, 0.1) is 0 Å². The number of hydrogen-bond donors (Lipinski definition) is 0. The van der Waals surface area contributed by atoms with Gasteiger partial charge in [-0.2, -0.15) is 0 Å². The summed E-state index contributed by atoms with van der Waals surface area (Å²) in [6.45, 7) is 0. The quantitative estimate of drug-likeness (QED) is 0.196. The largest absolute Gasteiger partial charge is 0.512 e. The van der Waals surface area contributed by atoms with Crippen molar-refractivity contribution < 1.29 is 19.1 Å². The standard InChI is InChI=1S/C14H22O4/c1-17-14(16)18-13-11-9-7-5-3-2-4-6-8-10-12-15/h7,9,11-13H,2-6,8,10H2,1H3/b9-7+,13-11+. The van der Waals surface area contributed by atoms with Crippen LogP contribution in [0.2, 0.25) is 0 Å². The molecule has 0 aromatic carbocycles. The number of methoxy groups -OCH3 is 1. The lowest BCUT2D eigenvalue weighted by Crippen LogP contribution is -1.97. The molecule has 4 heteroatoms. The molecule has 0 radical (unpaired) electrons. The zero-order chi connectivity index (χ0) is 13.5. The minimum absolute atomic E-state index is 0.685. The second-order valence-electron chi connectivity index (χ2n) is 3.84. The van der Waals surface area contributed by atoms with Gasteiger partial charge in [-0.15, -0.1) is 0 Å².